The second-order valence-corrected chi connectivity index (χ2v) is 5.15. The highest BCUT2D eigenvalue weighted by Gasteiger charge is 2.27. The van der Waals surface area contributed by atoms with Gasteiger partial charge in [-0.3, -0.25) is 14.8 Å². The zero-order chi connectivity index (χ0) is 15.2. The quantitative estimate of drug-likeness (QED) is 0.467. The zero-order valence-electron chi connectivity index (χ0n) is 12.1. The predicted molar refractivity (Wildman–Crippen MR) is 74.4 cm³/mol. The van der Waals surface area contributed by atoms with E-state index in [-0.39, 0.29) is 36.9 Å². The molecule has 0 bridgehead atoms. The molecule has 1 fully saturated rings. The van der Waals surface area contributed by atoms with Crippen molar-refractivity contribution in [2.45, 2.75) is 44.2 Å². The molecule has 0 saturated heterocycles. The van der Waals surface area contributed by atoms with Crippen molar-refractivity contribution in [3.05, 3.63) is 16.3 Å². The highest BCUT2D eigenvalue weighted by molar-refractivity contribution is 5.38. The van der Waals surface area contributed by atoms with Crippen LogP contribution in [0.4, 0.5) is 5.69 Å². The van der Waals surface area contributed by atoms with E-state index < -0.39 is 4.92 Å². The summed E-state index contributed by atoms with van der Waals surface area (Å²) in [5.74, 6) is 0.0299. The average molecular weight is 299 g/mol. The van der Waals surface area contributed by atoms with Crippen LogP contribution in [0.1, 0.15) is 38.1 Å². The topological polar surface area (TPSA) is 99.7 Å². The van der Waals surface area contributed by atoms with Crippen molar-refractivity contribution in [2.24, 2.45) is 0 Å². The van der Waals surface area contributed by atoms with Crippen LogP contribution in [-0.4, -0.2) is 46.2 Å². The van der Waals surface area contributed by atoms with Crippen LogP contribution in [0.5, 0.6) is 5.88 Å². The van der Waals surface area contributed by atoms with E-state index in [0.717, 1.165) is 25.7 Å². The molecule has 0 spiro atoms. The van der Waals surface area contributed by atoms with Crippen molar-refractivity contribution in [2.75, 3.05) is 20.3 Å². The fourth-order valence-electron chi connectivity index (χ4n) is 2.56. The summed E-state index contributed by atoms with van der Waals surface area (Å²) in [5, 5.41) is 24.0. The molecule has 1 aliphatic carbocycles. The summed E-state index contributed by atoms with van der Waals surface area (Å²) in [6.07, 6.45) is 5.74. The number of methoxy groups -OCH3 is 1. The molecule has 0 unspecified atom stereocenters. The van der Waals surface area contributed by atoms with Gasteiger partial charge in [0.2, 0.25) is 0 Å². The first-order chi connectivity index (χ1) is 10.2. The van der Waals surface area contributed by atoms with Gasteiger partial charge < -0.3 is 14.6 Å². The van der Waals surface area contributed by atoms with Gasteiger partial charge in [0.05, 0.1) is 23.7 Å². The second-order valence-electron chi connectivity index (χ2n) is 5.15. The number of rotatable bonds is 7. The van der Waals surface area contributed by atoms with E-state index in [9.17, 15) is 10.1 Å². The third-order valence-electron chi connectivity index (χ3n) is 3.77. The number of nitro groups is 1. The van der Waals surface area contributed by atoms with Crippen LogP contribution in [0.3, 0.4) is 0 Å². The highest BCUT2D eigenvalue weighted by Crippen LogP contribution is 2.33. The minimum atomic E-state index is -0.488. The van der Waals surface area contributed by atoms with Crippen LogP contribution in [-0.2, 0) is 4.74 Å². The van der Waals surface area contributed by atoms with Gasteiger partial charge in [0, 0.05) is 20.1 Å². The summed E-state index contributed by atoms with van der Waals surface area (Å²) in [6, 6.07) is 0.144. The van der Waals surface area contributed by atoms with Gasteiger partial charge in [-0.25, -0.2) is 0 Å². The van der Waals surface area contributed by atoms with Crippen molar-refractivity contribution in [3.63, 3.8) is 0 Å². The standard InChI is InChI=1S/C13H21N3O5/c1-20-11-5-3-10(4-6-11)15-9-12(16(18)19)13(14-15)21-8-2-7-17/h9-11,17H,2-8H2,1H3. The predicted octanol–water partition coefficient (Wildman–Crippen LogP) is 1.68. The highest BCUT2D eigenvalue weighted by atomic mass is 16.6. The minimum Gasteiger partial charge on any atom is -0.472 e. The van der Waals surface area contributed by atoms with Gasteiger partial charge >= 0.3 is 11.6 Å². The maximum absolute atomic E-state index is 11.1. The number of aliphatic hydroxyl groups is 1. The van der Waals surface area contributed by atoms with Crippen LogP contribution < -0.4 is 4.74 Å². The second kappa shape index (κ2) is 7.37. The molecule has 1 aromatic heterocycles. The number of aliphatic hydroxyl groups excluding tert-OH is 1. The van der Waals surface area contributed by atoms with E-state index in [1.165, 1.54) is 6.20 Å². The third-order valence-corrected chi connectivity index (χ3v) is 3.77. The number of aromatic nitrogens is 2. The Morgan fingerprint density at radius 3 is 2.76 bits per heavy atom. The molecule has 0 aliphatic heterocycles. The minimum absolute atomic E-state index is 0.0183. The Morgan fingerprint density at radius 1 is 1.48 bits per heavy atom. The summed E-state index contributed by atoms with van der Waals surface area (Å²) in [5.41, 5.74) is -0.123. The van der Waals surface area contributed by atoms with Crippen molar-refractivity contribution >= 4 is 5.69 Å². The van der Waals surface area contributed by atoms with Gasteiger partial charge in [-0.05, 0) is 25.7 Å². The van der Waals surface area contributed by atoms with Gasteiger partial charge in [-0.1, -0.05) is 0 Å². The van der Waals surface area contributed by atoms with Crippen LogP contribution in [0, 0.1) is 10.1 Å². The SMILES string of the molecule is COC1CCC(n2cc([N+](=O)[O-])c(OCCCO)n2)CC1. The van der Waals surface area contributed by atoms with Crippen LogP contribution in [0.2, 0.25) is 0 Å². The summed E-state index contributed by atoms with van der Waals surface area (Å²) < 4.78 is 12.3. The van der Waals surface area contributed by atoms with E-state index in [1.54, 1.807) is 11.8 Å². The summed E-state index contributed by atoms with van der Waals surface area (Å²) >= 11 is 0. The van der Waals surface area contributed by atoms with E-state index in [2.05, 4.69) is 5.10 Å². The maximum Gasteiger partial charge on any atom is 0.350 e. The first kappa shape index (κ1) is 15.7. The first-order valence-corrected chi connectivity index (χ1v) is 7.15. The molecule has 21 heavy (non-hydrogen) atoms. The normalized spacial score (nSPS) is 22.2. The Labute approximate surface area is 122 Å². The number of hydrogen-bond donors (Lipinski definition) is 1. The van der Waals surface area contributed by atoms with Gasteiger partial charge in [0.1, 0.15) is 6.20 Å². The number of hydrogen-bond acceptors (Lipinski definition) is 6. The van der Waals surface area contributed by atoms with E-state index in [1.807, 2.05) is 0 Å². The lowest BCUT2D eigenvalue weighted by Crippen LogP contribution is -2.23. The van der Waals surface area contributed by atoms with Gasteiger partial charge in [0.15, 0.2) is 0 Å². The van der Waals surface area contributed by atoms with Gasteiger partial charge in [-0.2, -0.15) is 0 Å². The van der Waals surface area contributed by atoms with Crippen LogP contribution in [0.15, 0.2) is 6.20 Å². The zero-order valence-corrected chi connectivity index (χ0v) is 12.1. The average Bonchev–Trinajstić information content (AvgIpc) is 2.92. The van der Waals surface area contributed by atoms with Gasteiger partial charge in [-0.15, -0.1) is 5.10 Å². The van der Waals surface area contributed by atoms with Crippen molar-refractivity contribution in [1.29, 1.82) is 0 Å². The monoisotopic (exact) mass is 299 g/mol. The molecule has 1 saturated carbocycles. The number of ether oxygens (including phenoxy) is 2. The Bertz CT molecular complexity index is 468. The molecule has 1 N–H and O–H groups in total. The molecule has 0 radical (unpaired) electrons. The van der Waals surface area contributed by atoms with Crippen molar-refractivity contribution in [1.82, 2.24) is 9.78 Å². The molecule has 1 aliphatic rings. The molecule has 118 valence electrons. The van der Waals surface area contributed by atoms with Crippen molar-refractivity contribution < 1.29 is 19.5 Å². The van der Waals surface area contributed by atoms with Crippen LogP contribution >= 0.6 is 0 Å². The maximum atomic E-state index is 11.1. The summed E-state index contributed by atoms with van der Waals surface area (Å²) in [4.78, 5) is 10.6. The fraction of sp³-hybridized carbons (Fsp3) is 0.769. The molecule has 0 amide bonds. The number of nitrogens with zero attached hydrogens (tertiary/aromatic N) is 3. The summed E-state index contributed by atoms with van der Waals surface area (Å²) in [7, 11) is 1.71. The Morgan fingerprint density at radius 2 is 2.19 bits per heavy atom. The van der Waals surface area contributed by atoms with E-state index in [4.69, 9.17) is 14.6 Å². The summed E-state index contributed by atoms with van der Waals surface area (Å²) in [6.45, 7) is 0.195. The third kappa shape index (κ3) is 3.92. The smallest absolute Gasteiger partial charge is 0.350 e. The molecular formula is C13H21N3O5. The Kier molecular flexibility index (Phi) is 5.51. The molecule has 1 aromatic rings. The van der Waals surface area contributed by atoms with Crippen molar-refractivity contribution in [3.8, 4) is 5.88 Å². The lowest BCUT2D eigenvalue weighted by Gasteiger charge is -2.27. The molecular weight excluding hydrogens is 278 g/mol. The fourth-order valence-corrected chi connectivity index (χ4v) is 2.56. The Hall–Kier alpha value is -1.67. The Balaban J connectivity index is 2.06. The van der Waals surface area contributed by atoms with E-state index >= 15 is 0 Å². The lowest BCUT2D eigenvalue weighted by atomic mass is 9.93. The van der Waals surface area contributed by atoms with Crippen LogP contribution in [0.25, 0.3) is 0 Å². The lowest BCUT2D eigenvalue weighted by molar-refractivity contribution is -0.386. The molecule has 0 atom stereocenters. The molecule has 8 heteroatoms. The largest absolute Gasteiger partial charge is 0.472 e. The molecule has 0 aromatic carbocycles. The van der Waals surface area contributed by atoms with E-state index in [0.29, 0.717) is 6.42 Å². The molecule has 1 heterocycles. The first-order valence-electron chi connectivity index (χ1n) is 7.15. The van der Waals surface area contributed by atoms with Gasteiger partial charge in [0.25, 0.3) is 0 Å². The molecule has 8 nitrogen and oxygen atoms in total. The molecule has 2 rings (SSSR count).